The molecule has 5 heteroatoms. The molecule has 3 aromatic carbocycles. The first-order valence-electron chi connectivity index (χ1n) is 9.49. The summed E-state index contributed by atoms with van der Waals surface area (Å²) in [6.07, 6.45) is 0.597. The van der Waals surface area contributed by atoms with E-state index in [9.17, 15) is 4.79 Å². The molecule has 1 N–H and O–H groups in total. The van der Waals surface area contributed by atoms with Gasteiger partial charge in [0.25, 0.3) is 0 Å². The van der Waals surface area contributed by atoms with Gasteiger partial charge in [0.15, 0.2) is 0 Å². The van der Waals surface area contributed by atoms with Crippen molar-refractivity contribution >= 4 is 40.5 Å². The minimum Gasteiger partial charge on any atom is -0.426 e. The van der Waals surface area contributed by atoms with E-state index < -0.39 is 0 Å². The van der Waals surface area contributed by atoms with Crippen LogP contribution in [-0.2, 0) is 11.2 Å². The molecule has 0 aliphatic heterocycles. The highest BCUT2D eigenvalue weighted by Crippen LogP contribution is 2.25. The third-order valence-corrected chi connectivity index (χ3v) is 5.16. The number of hydrogen-bond acceptors (Lipinski definition) is 3. The van der Waals surface area contributed by atoms with Crippen LogP contribution in [0.25, 0.3) is 0 Å². The largest absolute Gasteiger partial charge is 0.426 e. The lowest BCUT2D eigenvalue weighted by Gasteiger charge is -2.20. The summed E-state index contributed by atoms with van der Waals surface area (Å²) in [6, 6.07) is 22.4. The number of carbonyl (C=O) groups excluding carboxylic acids is 1. The molecule has 0 fully saturated rings. The molecule has 0 radical (unpaired) electrons. The zero-order valence-electron chi connectivity index (χ0n) is 16.4. The second kappa shape index (κ2) is 9.82. The smallest absolute Gasteiger partial charge is 0.314 e. The van der Waals surface area contributed by atoms with Crippen LogP contribution in [0.15, 0.2) is 72.8 Å². The highest BCUT2D eigenvalue weighted by Gasteiger charge is 2.25. The van der Waals surface area contributed by atoms with E-state index in [0.717, 1.165) is 16.9 Å². The van der Waals surface area contributed by atoms with Gasteiger partial charge in [-0.3, -0.25) is 4.79 Å². The Labute approximate surface area is 181 Å². The van der Waals surface area contributed by atoms with Crippen LogP contribution in [0.3, 0.4) is 0 Å². The van der Waals surface area contributed by atoms with Crippen LogP contribution in [0.2, 0.25) is 10.0 Å². The molecule has 3 rings (SSSR count). The van der Waals surface area contributed by atoms with E-state index in [-0.39, 0.29) is 17.8 Å². The minimum absolute atomic E-state index is 0.141. The van der Waals surface area contributed by atoms with E-state index in [4.69, 9.17) is 27.9 Å². The first-order chi connectivity index (χ1) is 13.9. The number of benzene rings is 3. The summed E-state index contributed by atoms with van der Waals surface area (Å²) in [5, 5.41) is 4.67. The van der Waals surface area contributed by atoms with Crippen molar-refractivity contribution in [2.45, 2.75) is 20.3 Å². The number of esters is 1. The van der Waals surface area contributed by atoms with Gasteiger partial charge in [-0.15, -0.1) is 0 Å². The summed E-state index contributed by atoms with van der Waals surface area (Å²) in [6.45, 7) is 4.06. The monoisotopic (exact) mass is 427 g/mol. The number of carbonyl (C=O) groups is 1. The van der Waals surface area contributed by atoms with Crippen molar-refractivity contribution in [2.75, 3.05) is 5.32 Å². The Morgan fingerprint density at radius 3 is 2.14 bits per heavy atom. The maximum absolute atomic E-state index is 12.8. The summed E-state index contributed by atoms with van der Waals surface area (Å²) >= 11 is 11.8. The van der Waals surface area contributed by atoms with Gasteiger partial charge in [0.1, 0.15) is 5.75 Å². The fraction of sp³-hybridized carbons (Fsp3) is 0.208. The molecule has 0 spiro atoms. The quantitative estimate of drug-likeness (QED) is 0.321. The van der Waals surface area contributed by atoms with Crippen LogP contribution < -0.4 is 10.1 Å². The standard InChI is InChI=1S/C24H23Cl2NO2/c1-16(2)23(24(28)29-22-12-8-19(26)9-13-22)15-17-4-3-5-21(14-17)27-20-10-6-18(25)7-11-20/h3-14,16,23,27H,15H2,1-2H3. The van der Waals surface area contributed by atoms with Gasteiger partial charge in [-0.1, -0.05) is 49.2 Å². The molecule has 150 valence electrons. The third kappa shape index (κ3) is 6.25. The predicted octanol–water partition coefficient (Wildman–Crippen LogP) is 7.16. The van der Waals surface area contributed by atoms with Gasteiger partial charge in [0.05, 0.1) is 5.92 Å². The number of ether oxygens (including phenoxy) is 1. The Morgan fingerprint density at radius 1 is 0.897 bits per heavy atom. The zero-order valence-corrected chi connectivity index (χ0v) is 17.9. The fourth-order valence-corrected chi connectivity index (χ4v) is 3.27. The molecular weight excluding hydrogens is 405 g/mol. The van der Waals surface area contributed by atoms with Crippen LogP contribution in [0.1, 0.15) is 19.4 Å². The second-order valence-electron chi connectivity index (χ2n) is 7.26. The highest BCUT2D eigenvalue weighted by atomic mass is 35.5. The molecule has 1 atom stereocenters. The Hall–Kier alpha value is -2.49. The molecule has 0 aliphatic rings. The Balaban J connectivity index is 1.70. The van der Waals surface area contributed by atoms with Crippen molar-refractivity contribution in [3.8, 4) is 5.75 Å². The number of rotatable bonds is 7. The predicted molar refractivity (Wildman–Crippen MR) is 120 cm³/mol. The van der Waals surface area contributed by atoms with Gasteiger partial charge in [0, 0.05) is 21.4 Å². The Bertz CT molecular complexity index is 953. The first-order valence-corrected chi connectivity index (χ1v) is 10.2. The van der Waals surface area contributed by atoms with Crippen LogP contribution in [0.4, 0.5) is 11.4 Å². The summed E-state index contributed by atoms with van der Waals surface area (Å²) < 4.78 is 5.58. The molecule has 0 heterocycles. The van der Waals surface area contributed by atoms with Crippen molar-refractivity contribution < 1.29 is 9.53 Å². The average Bonchev–Trinajstić information content (AvgIpc) is 2.70. The molecule has 1 unspecified atom stereocenters. The van der Waals surface area contributed by atoms with Gasteiger partial charge in [-0.25, -0.2) is 0 Å². The van der Waals surface area contributed by atoms with Crippen LogP contribution in [0, 0.1) is 11.8 Å². The van der Waals surface area contributed by atoms with E-state index in [2.05, 4.69) is 11.4 Å². The number of anilines is 2. The molecule has 0 saturated heterocycles. The Kier molecular flexibility index (Phi) is 7.18. The summed E-state index contributed by atoms with van der Waals surface area (Å²) in [5.41, 5.74) is 2.98. The molecule has 3 aromatic rings. The lowest BCUT2D eigenvalue weighted by atomic mass is 9.89. The second-order valence-corrected chi connectivity index (χ2v) is 8.13. The van der Waals surface area contributed by atoms with Crippen LogP contribution in [0.5, 0.6) is 5.75 Å². The summed E-state index contributed by atoms with van der Waals surface area (Å²) in [4.78, 5) is 12.8. The van der Waals surface area contributed by atoms with E-state index in [1.165, 1.54) is 0 Å². The van der Waals surface area contributed by atoms with E-state index in [0.29, 0.717) is 22.2 Å². The lowest BCUT2D eigenvalue weighted by Crippen LogP contribution is -2.27. The number of nitrogens with one attached hydrogen (secondary N) is 1. The fourth-order valence-electron chi connectivity index (χ4n) is 3.02. The van der Waals surface area contributed by atoms with Gasteiger partial charge >= 0.3 is 5.97 Å². The third-order valence-electron chi connectivity index (χ3n) is 4.66. The van der Waals surface area contributed by atoms with Crippen molar-refractivity contribution in [1.29, 1.82) is 0 Å². The first kappa shape index (κ1) is 21.2. The van der Waals surface area contributed by atoms with E-state index >= 15 is 0 Å². The SMILES string of the molecule is CC(C)C(Cc1cccc(Nc2ccc(Cl)cc2)c1)C(=O)Oc1ccc(Cl)cc1. The average molecular weight is 428 g/mol. The molecule has 0 aromatic heterocycles. The number of halogens is 2. The van der Waals surface area contributed by atoms with Crippen molar-refractivity contribution in [3.63, 3.8) is 0 Å². The lowest BCUT2D eigenvalue weighted by molar-refractivity contribution is -0.140. The maximum Gasteiger partial charge on any atom is 0.314 e. The zero-order chi connectivity index (χ0) is 20.8. The minimum atomic E-state index is -0.253. The van der Waals surface area contributed by atoms with Crippen LogP contribution in [-0.4, -0.2) is 5.97 Å². The topological polar surface area (TPSA) is 38.3 Å². The van der Waals surface area contributed by atoms with E-state index in [1.54, 1.807) is 24.3 Å². The van der Waals surface area contributed by atoms with Crippen molar-refractivity contribution in [3.05, 3.63) is 88.4 Å². The maximum atomic E-state index is 12.8. The molecule has 0 bridgehead atoms. The molecule has 29 heavy (non-hydrogen) atoms. The molecule has 0 saturated carbocycles. The van der Waals surface area contributed by atoms with Gasteiger partial charge in [-0.05, 0) is 78.6 Å². The highest BCUT2D eigenvalue weighted by molar-refractivity contribution is 6.30. The van der Waals surface area contributed by atoms with Gasteiger partial charge in [-0.2, -0.15) is 0 Å². The van der Waals surface area contributed by atoms with Gasteiger partial charge < -0.3 is 10.1 Å². The Morgan fingerprint density at radius 2 is 1.52 bits per heavy atom. The van der Waals surface area contributed by atoms with E-state index in [1.807, 2.05) is 56.3 Å². The van der Waals surface area contributed by atoms with Gasteiger partial charge in [0.2, 0.25) is 0 Å². The molecular formula is C24H23Cl2NO2. The van der Waals surface area contributed by atoms with Crippen molar-refractivity contribution in [1.82, 2.24) is 0 Å². The number of hydrogen-bond donors (Lipinski definition) is 1. The molecule has 0 amide bonds. The summed E-state index contributed by atoms with van der Waals surface area (Å²) in [7, 11) is 0. The molecule has 3 nitrogen and oxygen atoms in total. The van der Waals surface area contributed by atoms with Crippen LogP contribution >= 0.6 is 23.2 Å². The van der Waals surface area contributed by atoms with Crippen molar-refractivity contribution in [2.24, 2.45) is 11.8 Å². The molecule has 0 aliphatic carbocycles. The summed E-state index contributed by atoms with van der Waals surface area (Å²) in [5.74, 6) is 0.153. The normalized spacial score (nSPS) is 11.9.